The van der Waals surface area contributed by atoms with Gasteiger partial charge in [0.1, 0.15) is 5.75 Å². The van der Waals surface area contributed by atoms with Gasteiger partial charge in [-0.3, -0.25) is 10.1 Å². The highest BCUT2D eigenvalue weighted by atomic mass is 79.9. The van der Waals surface area contributed by atoms with Crippen LogP contribution < -0.4 is 20.3 Å². The summed E-state index contributed by atoms with van der Waals surface area (Å²) in [4.78, 5) is 15.2. The van der Waals surface area contributed by atoms with Crippen molar-refractivity contribution >= 4 is 61.3 Å². The van der Waals surface area contributed by atoms with Crippen molar-refractivity contribution in [1.29, 1.82) is 0 Å². The van der Waals surface area contributed by atoms with Gasteiger partial charge in [0, 0.05) is 24.5 Å². The molecule has 160 valence electrons. The molecule has 8 heteroatoms. The molecule has 0 unspecified atom stereocenters. The van der Waals surface area contributed by atoms with Crippen LogP contribution in [0.2, 0.25) is 0 Å². The maximum atomic E-state index is 12.9. The van der Waals surface area contributed by atoms with E-state index in [1.165, 1.54) is 7.11 Å². The summed E-state index contributed by atoms with van der Waals surface area (Å²) in [6, 6.07) is 17.5. The molecule has 1 aliphatic rings. The van der Waals surface area contributed by atoms with Crippen molar-refractivity contribution in [2.24, 2.45) is 0 Å². The number of ether oxygens (including phenoxy) is 2. The Morgan fingerprint density at radius 1 is 1.13 bits per heavy atom. The lowest BCUT2D eigenvalue weighted by Crippen LogP contribution is -2.36. The second-order valence-electron chi connectivity index (χ2n) is 7.05. The highest BCUT2D eigenvalue weighted by molar-refractivity contribution is 9.10. The molecule has 1 aliphatic heterocycles. The van der Waals surface area contributed by atoms with Gasteiger partial charge in [0.15, 0.2) is 5.11 Å². The van der Waals surface area contributed by atoms with E-state index >= 15 is 0 Å². The molecular formula is C23H22BrN3O3S. The molecule has 0 atom stereocenters. The molecule has 0 radical (unpaired) electrons. The van der Waals surface area contributed by atoms with Crippen LogP contribution in [0.25, 0.3) is 10.8 Å². The number of rotatable bonds is 4. The summed E-state index contributed by atoms with van der Waals surface area (Å²) in [6.45, 7) is 3.24. The number of hydrogen-bond donors (Lipinski definition) is 2. The molecule has 0 aliphatic carbocycles. The lowest BCUT2D eigenvalue weighted by atomic mass is 10.1. The van der Waals surface area contributed by atoms with Crippen LogP contribution in [0.3, 0.4) is 0 Å². The predicted molar refractivity (Wildman–Crippen MR) is 131 cm³/mol. The first-order valence-corrected chi connectivity index (χ1v) is 11.1. The van der Waals surface area contributed by atoms with Crippen molar-refractivity contribution in [2.75, 3.05) is 43.6 Å². The highest BCUT2D eigenvalue weighted by Gasteiger charge is 2.19. The summed E-state index contributed by atoms with van der Waals surface area (Å²) in [5.74, 6) is 0.125. The zero-order valence-corrected chi connectivity index (χ0v) is 19.4. The van der Waals surface area contributed by atoms with E-state index in [9.17, 15) is 4.79 Å². The van der Waals surface area contributed by atoms with Gasteiger partial charge < -0.3 is 19.7 Å². The van der Waals surface area contributed by atoms with Crippen LogP contribution in [-0.4, -0.2) is 44.4 Å². The Hall–Kier alpha value is -2.68. The molecular weight excluding hydrogens is 478 g/mol. The molecule has 6 nitrogen and oxygen atoms in total. The van der Waals surface area contributed by atoms with Crippen molar-refractivity contribution in [2.45, 2.75) is 0 Å². The summed E-state index contributed by atoms with van der Waals surface area (Å²) >= 11 is 8.91. The fraction of sp³-hybridized carbons (Fsp3) is 0.217. The number of benzene rings is 3. The average Bonchev–Trinajstić information content (AvgIpc) is 2.80. The van der Waals surface area contributed by atoms with Crippen LogP contribution in [0.15, 0.2) is 59.1 Å². The van der Waals surface area contributed by atoms with Gasteiger partial charge in [0.05, 0.1) is 30.4 Å². The van der Waals surface area contributed by atoms with Crippen LogP contribution >= 0.6 is 28.1 Å². The molecule has 0 spiro atoms. The molecule has 1 heterocycles. The number of morpholine rings is 1. The number of methoxy groups -OCH3 is 1. The van der Waals surface area contributed by atoms with Crippen molar-refractivity contribution in [3.8, 4) is 5.75 Å². The molecule has 3 aromatic rings. The Balaban J connectivity index is 1.46. The molecule has 1 saturated heterocycles. The van der Waals surface area contributed by atoms with E-state index in [0.29, 0.717) is 11.3 Å². The molecule has 4 rings (SSSR count). The number of fused-ring (bicyclic) bond motifs is 1. The summed E-state index contributed by atoms with van der Waals surface area (Å²) < 4.78 is 11.6. The van der Waals surface area contributed by atoms with E-state index in [4.69, 9.17) is 21.7 Å². The summed E-state index contributed by atoms with van der Waals surface area (Å²) in [6.07, 6.45) is 0. The van der Waals surface area contributed by atoms with E-state index in [2.05, 4.69) is 31.5 Å². The van der Waals surface area contributed by atoms with Crippen LogP contribution in [0, 0.1) is 0 Å². The largest absolute Gasteiger partial charge is 0.495 e. The van der Waals surface area contributed by atoms with E-state index in [1.807, 2.05) is 48.5 Å². The maximum Gasteiger partial charge on any atom is 0.261 e. The van der Waals surface area contributed by atoms with Crippen molar-refractivity contribution in [3.05, 3.63) is 64.6 Å². The third-order valence-corrected chi connectivity index (χ3v) is 6.11. The summed E-state index contributed by atoms with van der Waals surface area (Å²) in [5, 5.41) is 7.92. The molecule has 1 amide bonds. The van der Waals surface area contributed by atoms with Gasteiger partial charge in [-0.1, -0.05) is 24.3 Å². The SMILES string of the molecule is COc1c(C(=O)NC(=S)Nc2ccc(N3CCOCC3)cc2)cc2ccccc2c1Br. The monoisotopic (exact) mass is 499 g/mol. The smallest absolute Gasteiger partial charge is 0.261 e. The first-order chi connectivity index (χ1) is 15.1. The Kier molecular flexibility index (Phi) is 6.70. The van der Waals surface area contributed by atoms with Gasteiger partial charge in [-0.2, -0.15) is 0 Å². The first kappa shape index (κ1) is 21.5. The minimum absolute atomic E-state index is 0.218. The van der Waals surface area contributed by atoms with Crippen molar-refractivity contribution in [3.63, 3.8) is 0 Å². The number of thiocarbonyl (C=S) groups is 1. The lowest BCUT2D eigenvalue weighted by Gasteiger charge is -2.28. The third-order valence-electron chi connectivity index (χ3n) is 5.12. The Morgan fingerprint density at radius 2 is 1.84 bits per heavy atom. The number of nitrogens with one attached hydrogen (secondary N) is 2. The predicted octanol–water partition coefficient (Wildman–Crippen LogP) is 4.57. The van der Waals surface area contributed by atoms with Gasteiger partial charge >= 0.3 is 0 Å². The molecule has 31 heavy (non-hydrogen) atoms. The maximum absolute atomic E-state index is 12.9. The van der Waals surface area contributed by atoms with Gasteiger partial charge in [0.25, 0.3) is 5.91 Å². The van der Waals surface area contributed by atoms with Crippen molar-refractivity contribution in [1.82, 2.24) is 5.32 Å². The summed E-state index contributed by atoms with van der Waals surface area (Å²) in [5.41, 5.74) is 2.34. The fourth-order valence-electron chi connectivity index (χ4n) is 3.56. The number of anilines is 2. The van der Waals surface area contributed by atoms with Crippen LogP contribution in [-0.2, 0) is 4.74 Å². The number of amides is 1. The Morgan fingerprint density at radius 3 is 2.55 bits per heavy atom. The Labute approximate surface area is 194 Å². The van der Waals surface area contributed by atoms with Crippen LogP contribution in [0.5, 0.6) is 5.75 Å². The Bertz CT molecular complexity index is 1110. The number of halogens is 1. The fourth-order valence-corrected chi connectivity index (χ4v) is 4.51. The number of carbonyl (C=O) groups excluding carboxylic acids is 1. The van der Waals surface area contributed by atoms with Gasteiger partial charge in [-0.15, -0.1) is 0 Å². The molecule has 3 aromatic carbocycles. The number of carbonyl (C=O) groups is 1. The van der Waals surface area contributed by atoms with E-state index < -0.39 is 0 Å². The molecule has 2 N–H and O–H groups in total. The van der Waals surface area contributed by atoms with E-state index in [-0.39, 0.29) is 11.0 Å². The quantitative estimate of drug-likeness (QED) is 0.512. The molecule has 1 fully saturated rings. The second kappa shape index (κ2) is 9.64. The summed E-state index contributed by atoms with van der Waals surface area (Å²) in [7, 11) is 1.54. The lowest BCUT2D eigenvalue weighted by molar-refractivity contribution is 0.0975. The minimum atomic E-state index is -0.342. The number of hydrogen-bond acceptors (Lipinski definition) is 5. The number of nitrogens with zero attached hydrogens (tertiary/aromatic N) is 1. The van der Waals surface area contributed by atoms with Crippen LogP contribution in [0.1, 0.15) is 10.4 Å². The highest BCUT2D eigenvalue weighted by Crippen LogP contribution is 2.36. The average molecular weight is 500 g/mol. The second-order valence-corrected chi connectivity index (χ2v) is 8.25. The standard InChI is InChI=1S/C23H22BrN3O3S/c1-29-21-19(14-15-4-2-3-5-18(15)20(21)24)22(28)26-23(31)25-16-6-8-17(9-7-16)27-10-12-30-13-11-27/h2-9,14H,10-13H2,1H3,(H2,25,26,28,31). The molecule has 0 bridgehead atoms. The molecule has 0 saturated carbocycles. The third kappa shape index (κ3) is 4.81. The first-order valence-electron chi connectivity index (χ1n) is 9.87. The van der Waals surface area contributed by atoms with E-state index in [0.717, 1.165) is 52.9 Å². The van der Waals surface area contributed by atoms with Gasteiger partial charge in [0.2, 0.25) is 0 Å². The van der Waals surface area contributed by atoms with Crippen molar-refractivity contribution < 1.29 is 14.3 Å². The zero-order chi connectivity index (χ0) is 21.8. The van der Waals surface area contributed by atoms with Crippen LogP contribution in [0.4, 0.5) is 11.4 Å². The van der Waals surface area contributed by atoms with Gasteiger partial charge in [-0.25, -0.2) is 0 Å². The topological polar surface area (TPSA) is 62.8 Å². The van der Waals surface area contributed by atoms with E-state index in [1.54, 1.807) is 6.07 Å². The molecule has 0 aromatic heterocycles. The zero-order valence-electron chi connectivity index (χ0n) is 17.0. The minimum Gasteiger partial charge on any atom is -0.495 e. The normalized spacial score (nSPS) is 13.7. The van der Waals surface area contributed by atoms with Gasteiger partial charge in [-0.05, 0) is 69.3 Å².